The number of carbonyl (C=O) groups excluding carboxylic acids is 1. The average Bonchev–Trinajstić information content (AvgIpc) is 2.86. The molecule has 25 heavy (non-hydrogen) atoms. The van der Waals surface area contributed by atoms with Gasteiger partial charge in [-0.3, -0.25) is 4.79 Å². The minimum Gasteiger partial charge on any atom is -0.326 e. The minimum atomic E-state index is -0.412. The lowest BCUT2D eigenvalue weighted by atomic mass is 10.2. The smallest absolute Gasteiger partial charge is 0.225 e. The van der Waals surface area contributed by atoms with Gasteiger partial charge in [-0.15, -0.1) is 12.4 Å². The molecule has 2 heterocycles. The van der Waals surface area contributed by atoms with Gasteiger partial charge < -0.3 is 10.6 Å². The molecule has 1 atom stereocenters. The lowest BCUT2D eigenvalue weighted by Gasteiger charge is -2.22. The topological polar surface area (TPSA) is 59.0 Å². The van der Waals surface area contributed by atoms with Gasteiger partial charge in [0.1, 0.15) is 5.69 Å². The predicted molar refractivity (Wildman–Crippen MR) is 103 cm³/mol. The second-order valence-corrected chi connectivity index (χ2v) is 7.13. The highest BCUT2D eigenvalue weighted by atomic mass is 35.5. The first-order valence-electron chi connectivity index (χ1n) is 7.97. The molecule has 1 fully saturated rings. The maximum atomic E-state index is 14.4. The number of benzene rings is 1. The summed E-state index contributed by atoms with van der Waals surface area (Å²) in [5.74, 6) is 1.49. The van der Waals surface area contributed by atoms with Crippen LogP contribution in [0.15, 0.2) is 24.3 Å². The summed E-state index contributed by atoms with van der Waals surface area (Å²) in [6.45, 7) is 4.67. The van der Waals surface area contributed by atoms with E-state index in [1.165, 1.54) is 6.07 Å². The van der Waals surface area contributed by atoms with Crippen LogP contribution in [-0.2, 0) is 4.79 Å². The summed E-state index contributed by atoms with van der Waals surface area (Å²) in [7, 11) is 0. The van der Waals surface area contributed by atoms with E-state index in [0.717, 1.165) is 29.4 Å². The molecule has 1 aromatic carbocycles. The Morgan fingerprint density at radius 3 is 2.84 bits per heavy atom. The normalized spacial score (nSPS) is 17.0. The monoisotopic (exact) mass is 384 g/mol. The van der Waals surface area contributed by atoms with Crippen LogP contribution in [0.2, 0.25) is 0 Å². The molecule has 1 aliphatic rings. The van der Waals surface area contributed by atoms with Crippen LogP contribution in [0.3, 0.4) is 0 Å². The van der Waals surface area contributed by atoms with E-state index in [1.54, 1.807) is 16.8 Å². The van der Waals surface area contributed by atoms with E-state index in [2.05, 4.69) is 15.7 Å². The molecule has 0 saturated carbocycles. The third-order valence-electron chi connectivity index (χ3n) is 3.90. The quantitative estimate of drug-likeness (QED) is 0.850. The summed E-state index contributed by atoms with van der Waals surface area (Å²) in [5, 5.41) is 10.4. The van der Waals surface area contributed by atoms with Gasteiger partial charge in [-0.25, -0.2) is 9.07 Å². The largest absolute Gasteiger partial charge is 0.326 e. The highest BCUT2D eigenvalue weighted by Crippen LogP contribution is 2.20. The Labute approximate surface area is 157 Å². The highest BCUT2D eigenvalue weighted by Gasteiger charge is 2.17. The van der Waals surface area contributed by atoms with E-state index in [1.807, 2.05) is 31.7 Å². The second-order valence-electron chi connectivity index (χ2n) is 5.98. The van der Waals surface area contributed by atoms with Gasteiger partial charge in [0.15, 0.2) is 5.82 Å². The van der Waals surface area contributed by atoms with E-state index in [4.69, 9.17) is 0 Å². The van der Waals surface area contributed by atoms with Gasteiger partial charge in [0, 0.05) is 41.9 Å². The Kier molecular flexibility index (Phi) is 6.87. The maximum Gasteiger partial charge on any atom is 0.225 e. The van der Waals surface area contributed by atoms with Gasteiger partial charge in [-0.05, 0) is 38.1 Å². The zero-order chi connectivity index (χ0) is 17.1. The number of thioether (sulfide) groups is 1. The molecule has 1 aromatic heterocycles. The molecule has 0 spiro atoms. The number of hydrogen-bond acceptors (Lipinski definition) is 4. The number of carbonyl (C=O) groups is 1. The van der Waals surface area contributed by atoms with Crippen molar-refractivity contribution in [3.05, 3.63) is 41.5 Å². The van der Waals surface area contributed by atoms with Crippen molar-refractivity contribution in [2.75, 3.05) is 23.4 Å². The number of rotatable bonds is 4. The van der Waals surface area contributed by atoms with Crippen LogP contribution in [0.25, 0.3) is 5.69 Å². The summed E-state index contributed by atoms with van der Waals surface area (Å²) in [6.07, 6.45) is 0.397. The third-order valence-corrected chi connectivity index (χ3v) is 5.03. The number of halogens is 2. The SMILES string of the molecule is Cc1cc(C)n(-c2ccc(NC(=O)CC3CSCCN3)cc2F)n1.Cl. The second kappa shape index (κ2) is 8.69. The first kappa shape index (κ1) is 19.8. The Hall–Kier alpha value is -1.57. The van der Waals surface area contributed by atoms with Gasteiger partial charge in [-0.1, -0.05) is 0 Å². The molecule has 2 aromatic rings. The van der Waals surface area contributed by atoms with E-state index in [-0.39, 0.29) is 24.4 Å². The van der Waals surface area contributed by atoms with Crippen LogP contribution in [-0.4, -0.2) is 39.8 Å². The van der Waals surface area contributed by atoms with Crippen molar-refractivity contribution in [1.82, 2.24) is 15.1 Å². The molecule has 3 rings (SSSR count). The minimum absolute atomic E-state index is 0. The van der Waals surface area contributed by atoms with Crippen LogP contribution >= 0.6 is 24.2 Å². The van der Waals surface area contributed by atoms with Crippen LogP contribution < -0.4 is 10.6 Å². The van der Waals surface area contributed by atoms with Gasteiger partial charge >= 0.3 is 0 Å². The Morgan fingerprint density at radius 1 is 1.44 bits per heavy atom. The van der Waals surface area contributed by atoms with E-state index in [9.17, 15) is 9.18 Å². The van der Waals surface area contributed by atoms with Crippen molar-refractivity contribution < 1.29 is 9.18 Å². The number of amides is 1. The van der Waals surface area contributed by atoms with Crippen LogP contribution in [0.4, 0.5) is 10.1 Å². The number of nitrogens with one attached hydrogen (secondary N) is 2. The maximum absolute atomic E-state index is 14.4. The van der Waals surface area contributed by atoms with Gasteiger partial charge in [0.05, 0.1) is 5.69 Å². The molecule has 5 nitrogen and oxygen atoms in total. The fraction of sp³-hybridized carbons (Fsp3) is 0.412. The van der Waals surface area contributed by atoms with Crippen molar-refractivity contribution in [3.8, 4) is 5.69 Å². The number of nitrogens with zero attached hydrogens (tertiary/aromatic N) is 2. The summed E-state index contributed by atoms with van der Waals surface area (Å²) in [6, 6.07) is 6.76. The van der Waals surface area contributed by atoms with Crippen LogP contribution in [0, 0.1) is 19.7 Å². The molecule has 1 aliphatic heterocycles. The third kappa shape index (κ3) is 4.96. The molecule has 1 amide bonds. The van der Waals surface area contributed by atoms with Crippen molar-refractivity contribution in [2.24, 2.45) is 0 Å². The predicted octanol–water partition coefficient (Wildman–Crippen LogP) is 3.08. The number of anilines is 1. The lowest BCUT2D eigenvalue weighted by molar-refractivity contribution is -0.116. The van der Waals surface area contributed by atoms with Gasteiger partial charge in [0.25, 0.3) is 0 Å². The highest BCUT2D eigenvalue weighted by molar-refractivity contribution is 7.99. The van der Waals surface area contributed by atoms with E-state index < -0.39 is 5.82 Å². The summed E-state index contributed by atoms with van der Waals surface area (Å²) in [5.41, 5.74) is 2.54. The fourth-order valence-electron chi connectivity index (χ4n) is 2.82. The molecule has 1 unspecified atom stereocenters. The first-order valence-corrected chi connectivity index (χ1v) is 9.12. The molecule has 0 aliphatic carbocycles. The van der Waals surface area contributed by atoms with Crippen molar-refractivity contribution >= 4 is 35.8 Å². The lowest BCUT2D eigenvalue weighted by Crippen LogP contribution is -2.39. The molecular weight excluding hydrogens is 363 g/mol. The fourth-order valence-corrected chi connectivity index (χ4v) is 3.76. The van der Waals surface area contributed by atoms with Crippen molar-refractivity contribution in [3.63, 3.8) is 0 Å². The molecule has 136 valence electrons. The summed E-state index contributed by atoms with van der Waals surface area (Å²) in [4.78, 5) is 12.1. The number of aromatic nitrogens is 2. The Bertz CT molecular complexity index is 746. The molecule has 0 bridgehead atoms. The number of hydrogen-bond donors (Lipinski definition) is 2. The first-order chi connectivity index (χ1) is 11.5. The van der Waals surface area contributed by atoms with Crippen LogP contribution in [0.1, 0.15) is 17.8 Å². The summed E-state index contributed by atoms with van der Waals surface area (Å²) < 4.78 is 16.0. The zero-order valence-corrected chi connectivity index (χ0v) is 15.8. The van der Waals surface area contributed by atoms with Crippen molar-refractivity contribution in [1.29, 1.82) is 0 Å². The van der Waals surface area contributed by atoms with E-state index in [0.29, 0.717) is 17.8 Å². The molecule has 2 N–H and O–H groups in total. The van der Waals surface area contributed by atoms with Crippen LogP contribution in [0.5, 0.6) is 0 Å². The molecule has 8 heteroatoms. The standard InChI is InChI=1S/C17H21FN4OS.ClH/c1-11-7-12(2)22(21-11)16-4-3-13(8-15(16)18)20-17(23)9-14-10-24-6-5-19-14;/h3-4,7-8,14,19H,5-6,9-10H2,1-2H3,(H,20,23);1H. The Morgan fingerprint density at radius 2 is 2.24 bits per heavy atom. The summed E-state index contributed by atoms with van der Waals surface area (Å²) >= 11 is 1.84. The zero-order valence-electron chi connectivity index (χ0n) is 14.2. The number of aryl methyl sites for hydroxylation is 2. The van der Waals surface area contributed by atoms with E-state index >= 15 is 0 Å². The van der Waals surface area contributed by atoms with Gasteiger partial charge in [-0.2, -0.15) is 16.9 Å². The molecule has 1 saturated heterocycles. The molecule has 0 radical (unpaired) electrons. The average molecular weight is 385 g/mol. The van der Waals surface area contributed by atoms with Gasteiger partial charge in [0.2, 0.25) is 5.91 Å². The van der Waals surface area contributed by atoms with Crippen molar-refractivity contribution in [2.45, 2.75) is 26.3 Å². The molecular formula is C17H22ClFN4OS. The Balaban J connectivity index is 0.00000225.